The van der Waals surface area contributed by atoms with Gasteiger partial charge in [-0.1, -0.05) is 33.6 Å². The van der Waals surface area contributed by atoms with Gasteiger partial charge in [-0.25, -0.2) is 8.42 Å². The second kappa shape index (κ2) is 6.44. The maximum Gasteiger partial charge on any atom is 0.244 e. The fourth-order valence-electron chi connectivity index (χ4n) is 1.85. The van der Waals surface area contributed by atoms with Crippen LogP contribution in [0.3, 0.4) is 0 Å². The molecule has 0 unspecified atom stereocenters. The minimum absolute atomic E-state index is 0.0857. The monoisotopic (exact) mass is 388 g/mol. The quantitative estimate of drug-likeness (QED) is 0.802. The molecule has 112 valence electrons. The number of aromatic nitrogens is 1. The van der Waals surface area contributed by atoms with Crippen LogP contribution >= 0.6 is 27.5 Å². The van der Waals surface area contributed by atoms with E-state index < -0.39 is 10.0 Å². The van der Waals surface area contributed by atoms with Gasteiger partial charge in [-0.2, -0.15) is 4.31 Å². The second-order valence-electron chi connectivity index (χ2n) is 4.61. The van der Waals surface area contributed by atoms with Crippen molar-refractivity contribution in [1.82, 2.24) is 9.29 Å². The molecule has 1 aromatic carbocycles. The van der Waals surface area contributed by atoms with Gasteiger partial charge in [0.05, 0.1) is 17.3 Å². The summed E-state index contributed by atoms with van der Waals surface area (Å²) in [4.78, 5) is 4.40. The number of sulfonamides is 1. The number of nitrogens with zero attached hydrogens (tertiary/aromatic N) is 2. The second-order valence-corrected chi connectivity index (χ2v) is 7.94. The van der Waals surface area contributed by atoms with Crippen molar-refractivity contribution < 1.29 is 8.42 Å². The summed E-state index contributed by atoms with van der Waals surface area (Å²) in [5, 5.41) is 0.188. The van der Waals surface area contributed by atoms with E-state index in [2.05, 4.69) is 20.9 Å². The van der Waals surface area contributed by atoms with E-state index in [1.54, 1.807) is 18.2 Å². The molecule has 0 aliphatic rings. The van der Waals surface area contributed by atoms with E-state index in [-0.39, 0.29) is 16.5 Å². The van der Waals surface area contributed by atoms with Crippen molar-refractivity contribution in [3.63, 3.8) is 0 Å². The summed E-state index contributed by atoms with van der Waals surface area (Å²) in [5.41, 5.74) is 1.54. The van der Waals surface area contributed by atoms with Gasteiger partial charge in [-0.3, -0.25) is 4.98 Å². The van der Waals surface area contributed by atoms with Gasteiger partial charge in [0, 0.05) is 17.2 Å². The van der Waals surface area contributed by atoms with Gasteiger partial charge in [0.15, 0.2) is 0 Å². The number of pyridine rings is 1. The first kappa shape index (κ1) is 16.4. The maximum atomic E-state index is 12.6. The van der Waals surface area contributed by atoms with Crippen LogP contribution in [0.15, 0.2) is 45.8 Å². The Kier molecular flexibility index (Phi) is 5.03. The largest absolute Gasteiger partial charge is 0.257 e. The van der Waals surface area contributed by atoms with Crippen molar-refractivity contribution in [2.45, 2.75) is 18.4 Å². The summed E-state index contributed by atoms with van der Waals surface area (Å²) in [6.07, 6.45) is 0. The average molecular weight is 390 g/mol. The average Bonchev–Trinajstić information content (AvgIpc) is 2.38. The molecule has 0 amide bonds. The molecule has 0 aliphatic carbocycles. The third kappa shape index (κ3) is 3.83. The molecule has 1 aromatic heterocycles. The number of halogens is 2. The Morgan fingerprint density at radius 1 is 1.29 bits per heavy atom. The highest BCUT2D eigenvalue weighted by atomic mass is 79.9. The van der Waals surface area contributed by atoms with Crippen LogP contribution in [-0.2, 0) is 16.6 Å². The standard InChI is InChI=1S/C14H14BrClN2O2S/c1-10-4-3-5-12(17-10)9-18(2)21(19,20)14-7-6-11(15)8-13(14)16/h3-8H,9H2,1-2H3. The fraction of sp³-hybridized carbons (Fsp3) is 0.214. The topological polar surface area (TPSA) is 50.3 Å². The lowest BCUT2D eigenvalue weighted by Crippen LogP contribution is -2.27. The molecular weight excluding hydrogens is 376 g/mol. The predicted octanol–water partition coefficient (Wildman–Crippen LogP) is 3.63. The molecule has 0 atom stereocenters. The number of hydrogen-bond acceptors (Lipinski definition) is 3. The van der Waals surface area contributed by atoms with Crippen LogP contribution in [0.25, 0.3) is 0 Å². The molecule has 1 heterocycles. The molecule has 0 bridgehead atoms. The van der Waals surface area contributed by atoms with E-state index in [1.165, 1.54) is 17.4 Å². The molecule has 2 aromatic rings. The molecule has 21 heavy (non-hydrogen) atoms. The number of rotatable bonds is 4. The molecule has 4 nitrogen and oxygen atoms in total. The van der Waals surface area contributed by atoms with Crippen molar-refractivity contribution >= 4 is 37.6 Å². The Hall–Kier alpha value is -0.950. The number of aryl methyl sites for hydroxylation is 1. The van der Waals surface area contributed by atoms with Crippen LogP contribution in [0.5, 0.6) is 0 Å². The van der Waals surface area contributed by atoms with E-state index in [4.69, 9.17) is 11.6 Å². The van der Waals surface area contributed by atoms with Gasteiger partial charge in [0.2, 0.25) is 10.0 Å². The van der Waals surface area contributed by atoms with Gasteiger partial charge in [-0.15, -0.1) is 0 Å². The van der Waals surface area contributed by atoms with Crippen LogP contribution in [0.4, 0.5) is 0 Å². The molecule has 0 radical (unpaired) electrons. The molecule has 0 saturated carbocycles. The highest BCUT2D eigenvalue weighted by molar-refractivity contribution is 9.10. The van der Waals surface area contributed by atoms with Gasteiger partial charge >= 0.3 is 0 Å². The van der Waals surface area contributed by atoms with Crippen molar-refractivity contribution in [2.75, 3.05) is 7.05 Å². The van der Waals surface area contributed by atoms with Gasteiger partial charge < -0.3 is 0 Å². The lowest BCUT2D eigenvalue weighted by Gasteiger charge is -2.18. The van der Waals surface area contributed by atoms with Gasteiger partial charge in [0.25, 0.3) is 0 Å². The van der Waals surface area contributed by atoms with E-state index >= 15 is 0 Å². The Bertz CT molecular complexity index is 765. The number of hydrogen-bond donors (Lipinski definition) is 0. The third-order valence-corrected chi connectivity index (χ3v) is 5.69. The molecule has 0 aliphatic heterocycles. The summed E-state index contributed by atoms with van der Waals surface area (Å²) in [7, 11) is -2.15. The highest BCUT2D eigenvalue weighted by Crippen LogP contribution is 2.27. The van der Waals surface area contributed by atoms with E-state index in [9.17, 15) is 8.42 Å². The first-order valence-electron chi connectivity index (χ1n) is 6.14. The van der Waals surface area contributed by atoms with Crippen LogP contribution in [0, 0.1) is 6.92 Å². The first-order chi connectivity index (χ1) is 9.80. The van der Waals surface area contributed by atoms with E-state index in [0.717, 1.165) is 10.2 Å². The lowest BCUT2D eigenvalue weighted by molar-refractivity contribution is 0.462. The fourth-order valence-corrected chi connectivity index (χ4v) is 4.00. The molecule has 0 N–H and O–H groups in total. The van der Waals surface area contributed by atoms with E-state index in [1.807, 2.05) is 19.1 Å². The van der Waals surface area contributed by atoms with Gasteiger partial charge in [-0.05, 0) is 37.3 Å². The minimum Gasteiger partial charge on any atom is -0.257 e. The molecule has 7 heteroatoms. The Labute approximate surface area is 137 Å². The Balaban J connectivity index is 2.30. The normalized spacial score (nSPS) is 11.9. The van der Waals surface area contributed by atoms with Crippen LogP contribution in [0.1, 0.15) is 11.4 Å². The highest BCUT2D eigenvalue weighted by Gasteiger charge is 2.24. The van der Waals surface area contributed by atoms with Gasteiger partial charge in [0.1, 0.15) is 4.90 Å². The van der Waals surface area contributed by atoms with Crippen LogP contribution in [0.2, 0.25) is 5.02 Å². The third-order valence-electron chi connectivity index (χ3n) is 2.91. The zero-order valence-corrected chi connectivity index (χ0v) is 14.7. The summed E-state index contributed by atoms with van der Waals surface area (Å²) < 4.78 is 27.1. The summed E-state index contributed by atoms with van der Waals surface area (Å²) in [6.45, 7) is 2.06. The summed E-state index contributed by atoms with van der Waals surface area (Å²) >= 11 is 9.29. The first-order valence-corrected chi connectivity index (χ1v) is 8.76. The molecular formula is C14H14BrClN2O2S. The minimum atomic E-state index is -3.66. The summed E-state index contributed by atoms with van der Waals surface area (Å²) in [6, 6.07) is 10.2. The van der Waals surface area contributed by atoms with E-state index in [0.29, 0.717) is 5.69 Å². The zero-order chi connectivity index (χ0) is 15.6. The molecule has 0 fully saturated rings. The molecule has 2 rings (SSSR count). The maximum absolute atomic E-state index is 12.6. The number of benzene rings is 1. The lowest BCUT2D eigenvalue weighted by atomic mass is 10.3. The van der Waals surface area contributed by atoms with Crippen molar-refractivity contribution in [3.05, 3.63) is 57.3 Å². The predicted molar refractivity (Wildman–Crippen MR) is 86.8 cm³/mol. The van der Waals surface area contributed by atoms with Crippen molar-refractivity contribution in [3.8, 4) is 0 Å². The molecule has 0 saturated heterocycles. The SMILES string of the molecule is Cc1cccc(CN(C)S(=O)(=O)c2ccc(Br)cc2Cl)n1. The molecule has 0 spiro atoms. The Morgan fingerprint density at radius 2 is 2.00 bits per heavy atom. The van der Waals surface area contributed by atoms with Crippen LogP contribution < -0.4 is 0 Å². The van der Waals surface area contributed by atoms with Crippen LogP contribution in [-0.4, -0.2) is 24.8 Å². The van der Waals surface area contributed by atoms with Crippen molar-refractivity contribution in [1.29, 1.82) is 0 Å². The zero-order valence-electron chi connectivity index (χ0n) is 11.5. The Morgan fingerprint density at radius 3 is 2.62 bits per heavy atom. The smallest absolute Gasteiger partial charge is 0.244 e. The van der Waals surface area contributed by atoms with Crippen molar-refractivity contribution in [2.24, 2.45) is 0 Å². The summed E-state index contributed by atoms with van der Waals surface area (Å²) in [5.74, 6) is 0.